The highest BCUT2D eigenvalue weighted by molar-refractivity contribution is 6.26. The second-order valence-corrected chi connectivity index (χ2v) is 12.2. The molecule has 0 bridgehead atoms. The van der Waals surface area contributed by atoms with E-state index in [-0.39, 0.29) is 6.04 Å². The molecule has 0 radical (unpaired) electrons. The van der Waals surface area contributed by atoms with Gasteiger partial charge in [-0.3, -0.25) is 0 Å². The lowest BCUT2D eigenvalue weighted by atomic mass is 9.98. The van der Waals surface area contributed by atoms with Crippen LogP contribution in [0.3, 0.4) is 0 Å². The molecule has 5 heteroatoms. The number of para-hydroxylation sites is 2. The summed E-state index contributed by atoms with van der Waals surface area (Å²) in [5, 5.41) is 24.1. The zero-order chi connectivity index (χ0) is 31.1. The van der Waals surface area contributed by atoms with Gasteiger partial charge in [-0.2, -0.15) is 10.5 Å². The highest BCUT2D eigenvalue weighted by Crippen LogP contribution is 2.51. The highest BCUT2D eigenvalue weighted by atomic mass is 15.2. The number of hydrogen-bond donors (Lipinski definition) is 0. The molecular weight excluding hydrogens is 562 g/mol. The summed E-state index contributed by atoms with van der Waals surface area (Å²) >= 11 is 0. The summed E-state index contributed by atoms with van der Waals surface area (Å²) in [6, 6.07) is 47.0. The summed E-state index contributed by atoms with van der Waals surface area (Å²) in [5.74, 6) is 0. The van der Waals surface area contributed by atoms with Crippen molar-refractivity contribution < 1.29 is 0 Å². The lowest BCUT2D eigenvalue weighted by Crippen LogP contribution is -2.29. The Bertz CT molecular complexity index is 2620. The van der Waals surface area contributed by atoms with Gasteiger partial charge in [0.2, 0.25) is 0 Å². The van der Waals surface area contributed by atoms with Crippen LogP contribution in [0.15, 0.2) is 121 Å². The van der Waals surface area contributed by atoms with Crippen molar-refractivity contribution in [3.63, 3.8) is 0 Å². The third-order valence-electron chi connectivity index (χ3n) is 9.38. The molecule has 46 heavy (non-hydrogen) atoms. The van der Waals surface area contributed by atoms with Gasteiger partial charge in [0.05, 0.1) is 62.4 Å². The summed E-state index contributed by atoms with van der Waals surface area (Å²) in [7, 11) is 0. The van der Waals surface area contributed by atoms with Crippen LogP contribution in [0.5, 0.6) is 0 Å². The standard InChI is InChI=1S/C41H27N5/c1-25(2)44-37-20-27(24-43)14-19-36(37)46-39-34(21-29(22-38(39)44)28-15-12-26(23-42)13-16-28)33-18-17-32-31-10-6-7-11-35(31)45(40(32)41(33)46)30-8-4-3-5-9-30/h3-22,25H,1-2H3. The van der Waals surface area contributed by atoms with Crippen LogP contribution in [-0.2, 0) is 0 Å². The van der Waals surface area contributed by atoms with Crippen LogP contribution in [0.4, 0.5) is 11.4 Å². The maximum atomic E-state index is 9.96. The van der Waals surface area contributed by atoms with Gasteiger partial charge in [-0.05, 0) is 85.6 Å². The molecule has 0 amide bonds. The van der Waals surface area contributed by atoms with Gasteiger partial charge in [0.25, 0.3) is 0 Å². The third kappa shape index (κ3) is 3.49. The van der Waals surface area contributed by atoms with Crippen molar-refractivity contribution in [2.45, 2.75) is 19.9 Å². The molecule has 0 N–H and O–H groups in total. The minimum absolute atomic E-state index is 0.134. The maximum Gasteiger partial charge on any atom is 0.0992 e. The Kier molecular flexibility index (Phi) is 5.45. The smallest absolute Gasteiger partial charge is 0.0992 e. The Balaban J connectivity index is 1.52. The van der Waals surface area contributed by atoms with Crippen LogP contribution in [0.1, 0.15) is 25.0 Å². The first-order valence-corrected chi connectivity index (χ1v) is 15.5. The number of rotatable bonds is 3. The van der Waals surface area contributed by atoms with Gasteiger partial charge < -0.3 is 14.0 Å². The Morgan fingerprint density at radius 1 is 0.500 bits per heavy atom. The van der Waals surface area contributed by atoms with E-state index < -0.39 is 0 Å². The van der Waals surface area contributed by atoms with E-state index in [2.05, 4.69) is 125 Å². The van der Waals surface area contributed by atoms with Gasteiger partial charge in [0, 0.05) is 33.3 Å². The van der Waals surface area contributed by atoms with Crippen molar-refractivity contribution in [3.8, 4) is 34.6 Å². The van der Waals surface area contributed by atoms with E-state index in [0.29, 0.717) is 11.1 Å². The molecule has 216 valence electrons. The molecule has 0 saturated carbocycles. The van der Waals surface area contributed by atoms with Gasteiger partial charge in [0.1, 0.15) is 0 Å². The van der Waals surface area contributed by atoms with E-state index >= 15 is 0 Å². The summed E-state index contributed by atoms with van der Waals surface area (Å²) < 4.78 is 4.83. The predicted molar refractivity (Wildman–Crippen MR) is 187 cm³/mol. The van der Waals surface area contributed by atoms with Crippen molar-refractivity contribution >= 4 is 55.0 Å². The number of anilines is 2. The first-order chi connectivity index (χ1) is 22.6. The van der Waals surface area contributed by atoms with Gasteiger partial charge in [-0.25, -0.2) is 0 Å². The van der Waals surface area contributed by atoms with Crippen LogP contribution >= 0.6 is 0 Å². The van der Waals surface area contributed by atoms with E-state index in [1.165, 1.54) is 21.5 Å². The molecule has 0 saturated heterocycles. The minimum Gasteiger partial charge on any atom is -0.335 e. The normalized spacial score (nSPS) is 12.2. The number of hydrogen-bond acceptors (Lipinski definition) is 3. The Labute approximate surface area is 266 Å². The monoisotopic (exact) mass is 589 g/mol. The van der Waals surface area contributed by atoms with Crippen LogP contribution in [-0.4, -0.2) is 15.2 Å². The van der Waals surface area contributed by atoms with E-state index in [9.17, 15) is 10.5 Å². The van der Waals surface area contributed by atoms with Crippen molar-refractivity contribution in [2.24, 2.45) is 0 Å². The largest absolute Gasteiger partial charge is 0.335 e. The fourth-order valence-electron chi connectivity index (χ4n) is 7.49. The quantitative estimate of drug-likeness (QED) is 0.206. The second-order valence-electron chi connectivity index (χ2n) is 12.2. The van der Waals surface area contributed by atoms with Crippen LogP contribution in [0, 0.1) is 22.7 Å². The summed E-state index contributed by atoms with van der Waals surface area (Å²) in [6.45, 7) is 4.40. The maximum absolute atomic E-state index is 9.96. The molecule has 0 fully saturated rings. The van der Waals surface area contributed by atoms with Crippen LogP contribution < -0.4 is 4.90 Å². The number of aromatic nitrogens is 2. The average Bonchev–Trinajstić information content (AvgIpc) is 3.62. The molecule has 0 spiro atoms. The number of nitrogens with zero attached hydrogens (tertiary/aromatic N) is 5. The van der Waals surface area contributed by atoms with Crippen molar-refractivity contribution in [2.75, 3.05) is 4.90 Å². The van der Waals surface area contributed by atoms with Crippen LogP contribution in [0.2, 0.25) is 0 Å². The SMILES string of the molecule is CC(C)N1c2cc(C#N)ccc2-n2c3c1cc(-c1ccc(C#N)cc1)cc3c1ccc3c4ccccc4n(-c4ccccc4)c3c12. The van der Waals surface area contributed by atoms with Gasteiger partial charge in [-0.15, -0.1) is 0 Å². The first kappa shape index (κ1) is 26.1. The minimum atomic E-state index is 0.134. The summed E-state index contributed by atoms with van der Waals surface area (Å²) in [5.41, 5.74) is 12.3. The lowest BCUT2D eigenvalue weighted by Gasteiger charge is -2.36. The molecule has 5 nitrogen and oxygen atoms in total. The molecule has 1 aliphatic heterocycles. The molecule has 0 atom stereocenters. The van der Waals surface area contributed by atoms with Gasteiger partial charge in [0.15, 0.2) is 0 Å². The highest BCUT2D eigenvalue weighted by Gasteiger charge is 2.32. The molecule has 2 aromatic heterocycles. The number of fused-ring (bicyclic) bond motifs is 9. The van der Waals surface area contributed by atoms with Crippen molar-refractivity contribution in [1.82, 2.24) is 9.13 Å². The van der Waals surface area contributed by atoms with Gasteiger partial charge >= 0.3 is 0 Å². The number of benzene rings is 6. The Hall–Kier alpha value is -6.30. The summed E-state index contributed by atoms with van der Waals surface area (Å²) in [4.78, 5) is 2.37. The van der Waals surface area contributed by atoms with Crippen molar-refractivity contribution in [3.05, 3.63) is 132 Å². The molecule has 8 aromatic rings. The molecule has 3 heterocycles. The average molecular weight is 590 g/mol. The molecule has 6 aromatic carbocycles. The number of nitriles is 2. The molecule has 0 unspecified atom stereocenters. The Morgan fingerprint density at radius 2 is 1.17 bits per heavy atom. The fourth-order valence-corrected chi connectivity index (χ4v) is 7.49. The zero-order valence-electron chi connectivity index (χ0n) is 25.4. The molecule has 9 rings (SSSR count). The van der Waals surface area contributed by atoms with Gasteiger partial charge in [-0.1, -0.05) is 60.7 Å². The third-order valence-corrected chi connectivity index (χ3v) is 9.38. The lowest BCUT2D eigenvalue weighted by molar-refractivity contribution is 0.781. The first-order valence-electron chi connectivity index (χ1n) is 15.5. The van der Waals surface area contributed by atoms with Crippen LogP contribution in [0.25, 0.3) is 66.1 Å². The van der Waals surface area contributed by atoms with E-state index in [0.717, 1.165) is 55.9 Å². The van der Waals surface area contributed by atoms with E-state index in [1.807, 2.05) is 36.4 Å². The second kappa shape index (κ2) is 9.60. The molecule has 1 aliphatic rings. The topological polar surface area (TPSA) is 60.7 Å². The van der Waals surface area contributed by atoms with Crippen molar-refractivity contribution in [1.29, 1.82) is 10.5 Å². The molecule has 0 aliphatic carbocycles. The van der Waals surface area contributed by atoms with E-state index in [1.54, 1.807) is 0 Å². The predicted octanol–water partition coefficient (Wildman–Crippen LogP) is 10.2. The van der Waals surface area contributed by atoms with E-state index in [4.69, 9.17) is 0 Å². The molecular formula is C41H27N5. The fraction of sp³-hybridized carbons (Fsp3) is 0.0732. The zero-order valence-corrected chi connectivity index (χ0v) is 25.4. The summed E-state index contributed by atoms with van der Waals surface area (Å²) in [6.07, 6.45) is 0. The Morgan fingerprint density at radius 3 is 1.91 bits per heavy atom.